The summed E-state index contributed by atoms with van der Waals surface area (Å²) in [7, 11) is 0. The van der Waals surface area contributed by atoms with Crippen LogP contribution in [-0.2, 0) is 6.42 Å². The van der Waals surface area contributed by atoms with Crippen molar-refractivity contribution in [2.75, 3.05) is 6.54 Å². The van der Waals surface area contributed by atoms with Crippen LogP contribution in [0.3, 0.4) is 0 Å². The third-order valence-electron chi connectivity index (χ3n) is 3.98. The maximum Gasteiger partial charge on any atom is 0.231 e. The van der Waals surface area contributed by atoms with Crippen LogP contribution in [0.1, 0.15) is 76.4 Å². The second-order valence-corrected chi connectivity index (χ2v) is 5.60. The van der Waals surface area contributed by atoms with Gasteiger partial charge in [-0.05, 0) is 32.2 Å². The molecule has 0 bridgehead atoms. The van der Waals surface area contributed by atoms with Gasteiger partial charge in [-0.15, -0.1) is 0 Å². The highest BCUT2D eigenvalue weighted by Gasteiger charge is 2.30. The van der Waals surface area contributed by atoms with Crippen LogP contribution in [0.2, 0.25) is 0 Å². The predicted molar refractivity (Wildman–Crippen MR) is 76.2 cm³/mol. The fourth-order valence-corrected chi connectivity index (χ4v) is 2.86. The van der Waals surface area contributed by atoms with Crippen LogP contribution >= 0.6 is 0 Å². The van der Waals surface area contributed by atoms with Crippen molar-refractivity contribution in [3.63, 3.8) is 0 Å². The van der Waals surface area contributed by atoms with Gasteiger partial charge in [0.25, 0.3) is 0 Å². The number of hydrogen-bond acceptors (Lipinski definition) is 4. The van der Waals surface area contributed by atoms with Gasteiger partial charge in [0.1, 0.15) is 0 Å². The molecule has 19 heavy (non-hydrogen) atoms. The Morgan fingerprint density at radius 1 is 1.21 bits per heavy atom. The van der Waals surface area contributed by atoms with E-state index in [4.69, 9.17) is 4.52 Å². The first kappa shape index (κ1) is 14.5. The summed E-state index contributed by atoms with van der Waals surface area (Å²) in [4.78, 5) is 4.61. The topological polar surface area (TPSA) is 51.0 Å². The van der Waals surface area contributed by atoms with E-state index in [0.29, 0.717) is 12.0 Å². The third-order valence-corrected chi connectivity index (χ3v) is 3.98. The van der Waals surface area contributed by atoms with E-state index in [1.54, 1.807) is 0 Å². The van der Waals surface area contributed by atoms with Crippen molar-refractivity contribution >= 4 is 0 Å². The van der Waals surface area contributed by atoms with E-state index in [1.807, 2.05) is 0 Å². The van der Waals surface area contributed by atoms with Crippen molar-refractivity contribution in [3.8, 4) is 0 Å². The van der Waals surface area contributed by atoms with Crippen LogP contribution in [0.25, 0.3) is 0 Å². The molecule has 0 aromatic carbocycles. The molecule has 1 aliphatic rings. The van der Waals surface area contributed by atoms with Gasteiger partial charge < -0.3 is 9.84 Å². The standard InChI is InChI=1S/C15H27N3O/c1-3-5-10-14-17-15(19-18-14)12-8-6-7-9-13(12)16-11-4-2/h12-13,16H,3-11H2,1-2H3. The van der Waals surface area contributed by atoms with Gasteiger partial charge in [0.2, 0.25) is 5.89 Å². The minimum atomic E-state index is 0.420. The largest absolute Gasteiger partial charge is 0.339 e. The zero-order chi connectivity index (χ0) is 13.5. The first-order valence-electron chi connectivity index (χ1n) is 7.91. The number of hydrogen-bond donors (Lipinski definition) is 1. The monoisotopic (exact) mass is 265 g/mol. The van der Waals surface area contributed by atoms with Crippen molar-refractivity contribution in [2.24, 2.45) is 0 Å². The molecule has 4 nitrogen and oxygen atoms in total. The molecule has 1 N–H and O–H groups in total. The lowest BCUT2D eigenvalue weighted by Gasteiger charge is -2.29. The molecule has 4 heteroatoms. The molecule has 1 aliphatic carbocycles. The van der Waals surface area contributed by atoms with Crippen molar-refractivity contribution in [1.29, 1.82) is 0 Å². The van der Waals surface area contributed by atoms with Gasteiger partial charge in [0.05, 0.1) is 5.92 Å². The molecule has 1 aromatic rings. The summed E-state index contributed by atoms with van der Waals surface area (Å²) in [6, 6.07) is 0.521. The zero-order valence-corrected chi connectivity index (χ0v) is 12.3. The molecular formula is C15H27N3O. The van der Waals surface area contributed by atoms with E-state index >= 15 is 0 Å². The van der Waals surface area contributed by atoms with E-state index in [9.17, 15) is 0 Å². The maximum atomic E-state index is 5.51. The van der Waals surface area contributed by atoms with E-state index in [0.717, 1.165) is 31.1 Å². The number of nitrogens with one attached hydrogen (secondary N) is 1. The van der Waals surface area contributed by atoms with Crippen molar-refractivity contribution in [1.82, 2.24) is 15.5 Å². The van der Waals surface area contributed by atoms with Gasteiger partial charge in [-0.25, -0.2) is 0 Å². The van der Waals surface area contributed by atoms with Crippen LogP contribution in [0.5, 0.6) is 0 Å². The van der Waals surface area contributed by atoms with Crippen LogP contribution < -0.4 is 5.32 Å². The van der Waals surface area contributed by atoms with Crippen molar-refractivity contribution in [2.45, 2.75) is 77.2 Å². The summed E-state index contributed by atoms with van der Waals surface area (Å²) in [6.45, 7) is 5.48. The predicted octanol–water partition coefficient (Wildman–Crippen LogP) is 3.44. The van der Waals surface area contributed by atoms with Crippen molar-refractivity contribution in [3.05, 3.63) is 11.7 Å². The lowest BCUT2D eigenvalue weighted by Crippen LogP contribution is -2.37. The fourth-order valence-electron chi connectivity index (χ4n) is 2.86. The molecule has 0 amide bonds. The van der Waals surface area contributed by atoms with E-state index < -0.39 is 0 Å². The van der Waals surface area contributed by atoms with Crippen LogP contribution in [0.15, 0.2) is 4.52 Å². The summed E-state index contributed by atoms with van der Waals surface area (Å²) in [6.07, 6.45) is 9.44. The summed E-state index contributed by atoms with van der Waals surface area (Å²) in [5.74, 6) is 2.17. The van der Waals surface area contributed by atoms with Crippen LogP contribution in [-0.4, -0.2) is 22.7 Å². The number of aromatic nitrogens is 2. The summed E-state index contributed by atoms with van der Waals surface area (Å²) in [5, 5.41) is 7.77. The minimum absolute atomic E-state index is 0.420. The fraction of sp³-hybridized carbons (Fsp3) is 0.867. The summed E-state index contributed by atoms with van der Waals surface area (Å²) >= 11 is 0. The maximum absolute atomic E-state index is 5.51. The highest BCUT2D eigenvalue weighted by molar-refractivity contribution is 5.01. The third kappa shape index (κ3) is 4.03. The summed E-state index contributed by atoms with van der Waals surface area (Å²) in [5.41, 5.74) is 0. The van der Waals surface area contributed by atoms with E-state index in [1.165, 1.54) is 38.5 Å². The van der Waals surface area contributed by atoms with Gasteiger partial charge in [0.15, 0.2) is 5.82 Å². The van der Waals surface area contributed by atoms with Crippen LogP contribution in [0.4, 0.5) is 0 Å². The Bertz CT molecular complexity index is 364. The van der Waals surface area contributed by atoms with E-state index in [-0.39, 0.29) is 0 Å². The van der Waals surface area contributed by atoms with Gasteiger partial charge in [-0.2, -0.15) is 4.98 Å². The Morgan fingerprint density at radius 3 is 2.84 bits per heavy atom. The molecule has 0 aliphatic heterocycles. The Hall–Kier alpha value is -0.900. The normalized spacial score (nSPS) is 23.7. The number of nitrogens with zero attached hydrogens (tertiary/aromatic N) is 2. The first-order chi connectivity index (χ1) is 9.35. The second-order valence-electron chi connectivity index (χ2n) is 5.60. The Morgan fingerprint density at radius 2 is 2.05 bits per heavy atom. The molecule has 2 atom stereocenters. The Balaban J connectivity index is 1.98. The lowest BCUT2D eigenvalue weighted by molar-refractivity contribution is 0.262. The molecule has 0 saturated heterocycles. The Labute approximate surface area is 116 Å². The van der Waals surface area contributed by atoms with Crippen molar-refractivity contribution < 1.29 is 4.52 Å². The quantitative estimate of drug-likeness (QED) is 0.820. The minimum Gasteiger partial charge on any atom is -0.339 e. The highest BCUT2D eigenvalue weighted by Crippen LogP contribution is 2.32. The summed E-state index contributed by atoms with van der Waals surface area (Å²) < 4.78 is 5.51. The molecule has 0 radical (unpaired) electrons. The molecule has 2 unspecified atom stereocenters. The molecule has 0 spiro atoms. The average molecular weight is 265 g/mol. The van der Waals surface area contributed by atoms with E-state index in [2.05, 4.69) is 29.3 Å². The number of rotatable bonds is 7. The molecular weight excluding hydrogens is 238 g/mol. The van der Waals surface area contributed by atoms with Gasteiger partial charge in [-0.1, -0.05) is 38.3 Å². The molecule has 1 heterocycles. The molecule has 1 aromatic heterocycles. The second kappa shape index (κ2) is 7.63. The first-order valence-corrected chi connectivity index (χ1v) is 7.91. The van der Waals surface area contributed by atoms with Gasteiger partial charge in [0, 0.05) is 12.5 Å². The molecule has 108 valence electrons. The number of unbranched alkanes of at least 4 members (excludes halogenated alkanes) is 1. The number of aryl methyl sites for hydroxylation is 1. The SMILES string of the molecule is CCCCc1noc(C2CCCCC2NCCC)n1. The Kier molecular flexibility index (Phi) is 5.83. The molecule has 1 fully saturated rings. The molecule has 1 saturated carbocycles. The lowest BCUT2D eigenvalue weighted by atomic mass is 9.84. The average Bonchev–Trinajstić information content (AvgIpc) is 2.92. The highest BCUT2D eigenvalue weighted by atomic mass is 16.5. The van der Waals surface area contributed by atoms with Crippen LogP contribution in [0, 0.1) is 0 Å². The zero-order valence-electron chi connectivity index (χ0n) is 12.3. The van der Waals surface area contributed by atoms with Gasteiger partial charge >= 0.3 is 0 Å². The smallest absolute Gasteiger partial charge is 0.231 e. The van der Waals surface area contributed by atoms with Gasteiger partial charge in [-0.3, -0.25) is 0 Å². The molecule has 2 rings (SSSR count).